The van der Waals surface area contributed by atoms with Crippen molar-refractivity contribution in [3.05, 3.63) is 12.2 Å². The van der Waals surface area contributed by atoms with E-state index in [0.29, 0.717) is 6.42 Å². The van der Waals surface area contributed by atoms with Crippen molar-refractivity contribution in [3.8, 4) is 0 Å². The first-order chi connectivity index (χ1) is 18.3. The van der Waals surface area contributed by atoms with E-state index in [1.807, 2.05) is 0 Å². The average molecular weight is 563 g/mol. The van der Waals surface area contributed by atoms with Gasteiger partial charge in [-0.25, -0.2) is 4.57 Å². The highest BCUT2D eigenvalue weighted by Crippen LogP contribution is 2.35. The molecule has 0 aromatic rings. The molecule has 38 heavy (non-hydrogen) atoms. The van der Waals surface area contributed by atoms with Crippen molar-refractivity contribution in [1.29, 1.82) is 0 Å². The largest absolute Gasteiger partial charge is 0.469 e. The molecule has 0 rings (SSSR count). The molecule has 0 saturated carbocycles. The van der Waals surface area contributed by atoms with Gasteiger partial charge in [0.15, 0.2) is 6.10 Å². The predicted molar refractivity (Wildman–Crippen MR) is 152 cm³/mol. The van der Waals surface area contributed by atoms with Crippen molar-refractivity contribution >= 4 is 19.8 Å². The number of allylic oxidation sites excluding steroid dienone is 2. The minimum absolute atomic E-state index is 0.204. The Bertz CT molecular complexity index is 646. The molecule has 0 heterocycles. The van der Waals surface area contributed by atoms with Crippen LogP contribution in [0, 0.1) is 0 Å². The van der Waals surface area contributed by atoms with Gasteiger partial charge in [-0.15, -0.1) is 0 Å². The number of ether oxygens (including phenoxy) is 2. The summed E-state index contributed by atoms with van der Waals surface area (Å²) in [5.41, 5.74) is 0. The molecule has 224 valence electrons. The summed E-state index contributed by atoms with van der Waals surface area (Å²) in [6, 6.07) is 0. The molecule has 1 atom stereocenters. The lowest BCUT2D eigenvalue weighted by molar-refractivity contribution is -0.161. The number of hydrogen-bond donors (Lipinski definition) is 2. The van der Waals surface area contributed by atoms with E-state index in [4.69, 9.17) is 19.3 Å². The zero-order valence-corrected chi connectivity index (χ0v) is 25.0. The molecule has 0 bridgehead atoms. The Hall–Kier alpha value is -1.21. The van der Waals surface area contributed by atoms with Crippen molar-refractivity contribution in [1.82, 2.24) is 0 Å². The van der Waals surface area contributed by atoms with Crippen molar-refractivity contribution < 1.29 is 37.9 Å². The molecule has 2 N–H and O–H groups in total. The summed E-state index contributed by atoms with van der Waals surface area (Å²) in [5, 5.41) is 0. The summed E-state index contributed by atoms with van der Waals surface area (Å²) in [5.74, 6) is -0.900. The zero-order valence-electron chi connectivity index (χ0n) is 24.1. The van der Waals surface area contributed by atoms with E-state index in [1.54, 1.807) is 0 Å². The minimum Gasteiger partial charge on any atom is -0.462 e. The van der Waals surface area contributed by atoms with Gasteiger partial charge in [0.05, 0.1) is 6.61 Å². The third-order valence-electron chi connectivity index (χ3n) is 6.28. The molecule has 0 aromatic carbocycles. The molecule has 0 aliphatic heterocycles. The quantitative estimate of drug-likeness (QED) is 0.0448. The number of carbonyl (C=O) groups excluding carboxylic acids is 2. The van der Waals surface area contributed by atoms with Gasteiger partial charge in [-0.1, -0.05) is 103 Å². The first-order valence-corrected chi connectivity index (χ1v) is 16.5. The molecule has 0 aliphatic rings. The van der Waals surface area contributed by atoms with Crippen LogP contribution in [-0.4, -0.2) is 41.0 Å². The Kier molecular flexibility index (Phi) is 25.2. The number of esters is 2. The summed E-state index contributed by atoms with van der Waals surface area (Å²) in [6.45, 7) is 3.58. The van der Waals surface area contributed by atoms with Gasteiger partial charge in [-0.05, 0) is 38.5 Å². The minimum atomic E-state index is -4.73. The van der Waals surface area contributed by atoms with Gasteiger partial charge in [0.1, 0.15) is 6.61 Å². The normalized spacial score (nSPS) is 12.6. The van der Waals surface area contributed by atoms with E-state index in [1.165, 1.54) is 51.4 Å². The van der Waals surface area contributed by atoms with E-state index in [2.05, 4.69) is 30.5 Å². The lowest BCUT2D eigenvalue weighted by Gasteiger charge is -2.18. The third kappa shape index (κ3) is 27.8. The summed E-state index contributed by atoms with van der Waals surface area (Å²) >= 11 is 0. The van der Waals surface area contributed by atoms with Gasteiger partial charge < -0.3 is 19.3 Å². The monoisotopic (exact) mass is 562 g/mol. The van der Waals surface area contributed by atoms with E-state index >= 15 is 0 Å². The fourth-order valence-electron chi connectivity index (χ4n) is 4.01. The number of carbonyl (C=O) groups is 2. The second-order valence-corrected chi connectivity index (χ2v) is 11.3. The average Bonchev–Trinajstić information content (AvgIpc) is 2.87. The topological polar surface area (TPSA) is 119 Å². The van der Waals surface area contributed by atoms with Crippen molar-refractivity contribution in [3.63, 3.8) is 0 Å². The van der Waals surface area contributed by atoms with Gasteiger partial charge in [-0.3, -0.25) is 14.1 Å². The zero-order chi connectivity index (χ0) is 28.3. The smallest absolute Gasteiger partial charge is 0.462 e. The van der Waals surface area contributed by atoms with Crippen molar-refractivity contribution in [2.24, 2.45) is 0 Å². The lowest BCUT2D eigenvalue weighted by Crippen LogP contribution is -2.29. The van der Waals surface area contributed by atoms with Crippen LogP contribution in [0.2, 0.25) is 0 Å². The maximum atomic E-state index is 12.2. The first-order valence-electron chi connectivity index (χ1n) is 15.0. The molecule has 0 saturated heterocycles. The van der Waals surface area contributed by atoms with Crippen LogP contribution in [0.1, 0.15) is 142 Å². The Morgan fingerprint density at radius 3 is 1.66 bits per heavy atom. The molecule has 0 aliphatic carbocycles. The lowest BCUT2D eigenvalue weighted by atomic mass is 10.1. The molecule has 8 nitrogen and oxygen atoms in total. The highest BCUT2D eigenvalue weighted by Gasteiger charge is 2.22. The molecular formula is C29H55O8P. The third-order valence-corrected chi connectivity index (χ3v) is 6.77. The molecule has 9 heteroatoms. The highest BCUT2D eigenvalue weighted by atomic mass is 31.2. The van der Waals surface area contributed by atoms with E-state index in [9.17, 15) is 14.2 Å². The summed E-state index contributed by atoms with van der Waals surface area (Å²) in [6.07, 6.45) is 23.8. The van der Waals surface area contributed by atoms with E-state index < -0.39 is 32.5 Å². The summed E-state index contributed by atoms with van der Waals surface area (Å²) < 4.78 is 26.0. The number of phosphoric acid groups is 1. The Morgan fingerprint density at radius 1 is 0.658 bits per heavy atom. The van der Waals surface area contributed by atoms with Gasteiger partial charge in [-0.2, -0.15) is 0 Å². The SMILES string of the molecule is CCCCC/C=C\CCCCCCCC(=O)OC(COC(=O)CCCCCCCCCC)COP(=O)(O)O. The fourth-order valence-corrected chi connectivity index (χ4v) is 4.37. The van der Waals surface area contributed by atoms with E-state index in [-0.39, 0.29) is 19.4 Å². The van der Waals surface area contributed by atoms with Gasteiger partial charge in [0.2, 0.25) is 0 Å². The number of hydrogen-bond acceptors (Lipinski definition) is 6. The molecule has 0 fully saturated rings. The summed E-state index contributed by atoms with van der Waals surface area (Å²) in [4.78, 5) is 42.2. The van der Waals surface area contributed by atoms with Crippen LogP contribution in [-0.2, 0) is 28.2 Å². The Labute approximate surface area is 231 Å². The van der Waals surface area contributed by atoms with E-state index in [0.717, 1.165) is 57.8 Å². The maximum Gasteiger partial charge on any atom is 0.469 e. The number of phosphoric ester groups is 1. The Morgan fingerprint density at radius 2 is 1.11 bits per heavy atom. The second-order valence-electron chi connectivity index (χ2n) is 10.1. The Balaban J connectivity index is 4.08. The van der Waals surface area contributed by atoms with Gasteiger partial charge >= 0.3 is 19.8 Å². The van der Waals surface area contributed by atoms with Crippen LogP contribution >= 0.6 is 7.82 Å². The molecule has 0 amide bonds. The van der Waals surface area contributed by atoms with Crippen LogP contribution in [0.4, 0.5) is 0 Å². The fraction of sp³-hybridized carbons (Fsp3) is 0.862. The van der Waals surface area contributed by atoms with Gasteiger partial charge in [0.25, 0.3) is 0 Å². The molecule has 0 aromatic heterocycles. The molecule has 0 spiro atoms. The standard InChI is InChI=1S/C29H55O8P/c1-3-5-7-9-11-13-14-15-16-18-20-22-24-29(31)37-27(26-36-38(32,33)34)25-35-28(30)23-21-19-17-12-10-8-6-4-2/h11,13,27H,3-10,12,14-26H2,1-2H3,(H2,32,33,34)/b13-11-. The summed E-state index contributed by atoms with van der Waals surface area (Å²) in [7, 11) is -4.73. The van der Waals surface area contributed by atoms with Crippen molar-refractivity contribution in [2.75, 3.05) is 13.2 Å². The second kappa shape index (κ2) is 26.0. The van der Waals surface area contributed by atoms with Crippen LogP contribution in [0.5, 0.6) is 0 Å². The first kappa shape index (κ1) is 36.8. The van der Waals surface area contributed by atoms with Crippen LogP contribution in [0.25, 0.3) is 0 Å². The highest BCUT2D eigenvalue weighted by molar-refractivity contribution is 7.46. The molecular weight excluding hydrogens is 507 g/mol. The maximum absolute atomic E-state index is 12.2. The van der Waals surface area contributed by atoms with Crippen molar-refractivity contribution in [2.45, 2.75) is 148 Å². The molecule has 1 unspecified atom stereocenters. The number of unbranched alkanes of at least 4 members (excludes halogenated alkanes) is 15. The van der Waals surface area contributed by atoms with Crippen LogP contribution in [0.3, 0.4) is 0 Å². The van der Waals surface area contributed by atoms with Crippen LogP contribution < -0.4 is 0 Å². The predicted octanol–water partition coefficient (Wildman–Crippen LogP) is 7.95. The van der Waals surface area contributed by atoms with Crippen LogP contribution in [0.15, 0.2) is 12.2 Å². The molecule has 0 radical (unpaired) electrons. The van der Waals surface area contributed by atoms with Gasteiger partial charge in [0, 0.05) is 12.8 Å². The number of rotatable bonds is 27.